The molecule has 11 heteroatoms. The van der Waals surface area contributed by atoms with Gasteiger partial charge in [0.1, 0.15) is 0 Å². The predicted octanol–water partition coefficient (Wildman–Crippen LogP) is 11.0. The van der Waals surface area contributed by atoms with Crippen LogP contribution in [0, 0.1) is 0 Å². The first-order valence-electron chi connectivity index (χ1n) is 18.4. The summed E-state index contributed by atoms with van der Waals surface area (Å²) in [4.78, 5) is 25.2. The van der Waals surface area contributed by atoms with Crippen molar-refractivity contribution in [3.8, 4) is 0 Å². The van der Waals surface area contributed by atoms with Crippen molar-refractivity contribution in [1.82, 2.24) is 0 Å². The highest BCUT2D eigenvalue weighted by atomic mass is 35.5. The Morgan fingerprint density at radius 3 is 1.34 bits per heavy atom. The monoisotopic (exact) mass is 726 g/mol. The SMILES string of the molecule is C=C(CCCCCCCOCCCCCOO)c1cc(C(=O)Cl)cc(C(=C)CCOOO)c1C(=C)CCCCCCCOCCCCCOO. The van der Waals surface area contributed by atoms with Crippen LogP contribution in [0.5, 0.6) is 0 Å². The maximum Gasteiger partial charge on any atom is 0.252 e. The molecule has 3 N–H and O–H groups in total. The van der Waals surface area contributed by atoms with Crippen molar-refractivity contribution >= 4 is 33.6 Å². The highest BCUT2D eigenvalue weighted by molar-refractivity contribution is 6.67. The standard InChI is InChI=1S/C39H63ClO10/c1-32(20-12-6-4-8-14-23-45-25-16-10-18-27-47-42)36-30-35(39(40)41)31-37(33(2)22-29-49-50-44)38(36)34(3)21-13-7-5-9-15-24-46-26-17-11-19-28-48-43/h30-31,42-44H,1-29H2. The van der Waals surface area contributed by atoms with Gasteiger partial charge in [0, 0.05) is 32.0 Å². The first kappa shape index (κ1) is 46.1. The van der Waals surface area contributed by atoms with Gasteiger partial charge in [-0.3, -0.25) is 15.3 Å². The quantitative estimate of drug-likeness (QED) is 0.0265. The molecule has 1 aromatic carbocycles. The molecule has 0 bridgehead atoms. The van der Waals surface area contributed by atoms with Gasteiger partial charge in [-0.25, -0.2) is 19.9 Å². The molecular formula is C39H63ClO10. The van der Waals surface area contributed by atoms with Gasteiger partial charge in [0.05, 0.1) is 19.8 Å². The van der Waals surface area contributed by atoms with Gasteiger partial charge in [-0.15, -0.1) is 0 Å². The topological polar surface area (TPSA) is 133 Å². The van der Waals surface area contributed by atoms with Crippen LogP contribution in [0.1, 0.15) is 149 Å². The molecule has 0 amide bonds. The van der Waals surface area contributed by atoms with Crippen molar-refractivity contribution in [3.05, 3.63) is 54.1 Å². The van der Waals surface area contributed by atoms with Gasteiger partial charge >= 0.3 is 0 Å². The van der Waals surface area contributed by atoms with Gasteiger partial charge in [-0.05, 0) is 141 Å². The summed E-state index contributed by atoms with van der Waals surface area (Å²) in [7, 11) is 0. The van der Waals surface area contributed by atoms with Crippen LogP contribution in [-0.4, -0.2) is 67.3 Å². The number of unbranched alkanes of at least 4 members (excludes halogenated alkanes) is 12. The Morgan fingerprint density at radius 2 is 0.900 bits per heavy atom. The fourth-order valence-corrected chi connectivity index (χ4v) is 5.84. The second kappa shape index (κ2) is 31.7. The normalized spacial score (nSPS) is 11.3. The molecule has 0 unspecified atom stereocenters. The second-order valence-electron chi connectivity index (χ2n) is 12.7. The van der Waals surface area contributed by atoms with Crippen LogP contribution in [0.25, 0.3) is 16.7 Å². The van der Waals surface area contributed by atoms with Crippen molar-refractivity contribution in [2.24, 2.45) is 0 Å². The average Bonchev–Trinajstić information content (AvgIpc) is 3.11. The first-order chi connectivity index (χ1) is 24.4. The molecule has 0 aliphatic rings. The van der Waals surface area contributed by atoms with E-state index in [9.17, 15) is 4.79 Å². The van der Waals surface area contributed by atoms with E-state index in [1.165, 1.54) is 0 Å². The average molecular weight is 727 g/mol. The Balaban J connectivity index is 2.71. The fraction of sp³-hybridized carbons (Fsp3) is 0.667. The van der Waals surface area contributed by atoms with Gasteiger partial charge in [-0.1, -0.05) is 63.3 Å². The predicted molar refractivity (Wildman–Crippen MR) is 200 cm³/mol. The van der Waals surface area contributed by atoms with Gasteiger partial charge < -0.3 is 9.47 Å². The van der Waals surface area contributed by atoms with Gasteiger partial charge in [0.25, 0.3) is 5.24 Å². The number of benzene rings is 1. The Hall–Kier alpha value is -1.96. The van der Waals surface area contributed by atoms with Crippen molar-refractivity contribution in [1.29, 1.82) is 0 Å². The van der Waals surface area contributed by atoms with Crippen molar-refractivity contribution in [2.45, 2.75) is 122 Å². The van der Waals surface area contributed by atoms with E-state index in [4.69, 9.17) is 36.8 Å². The van der Waals surface area contributed by atoms with E-state index < -0.39 is 5.24 Å². The Kier molecular flexibility index (Phi) is 29.2. The molecule has 0 saturated carbocycles. The van der Waals surface area contributed by atoms with E-state index in [0.717, 1.165) is 175 Å². The van der Waals surface area contributed by atoms with Crippen molar-refractivity contribution < 1.29 is 49.7 Å². The number of allylic oxidation sites excluding steroid dienone is 2. The third-order valence-corrected chi connectivity index (χ3v) is 8.82. The number of carbonyl (C=O) groups excluding carboxylic acids is 1. The maximum atomic E-state index is 12.4. The summed E-state index contributed by atoms with van der Waals surface area (Å²) in [6.07, 6.45) is 18.0. The molecule has 1 aromatic rings. The molecule has 0 radical (unpaired) electrons. The highest BCUT2D eigenvalue weighted by Gasteiger charge is 2.20. The summed E-state index contributed by atoms with van der Waals surface area (Å²) < 4.78 is 11.4. The molecule has 10 nitrogen and oxygen atoms in total. The minimum absolute atomic E-state index is 0.0874. The van der Waals surface area contributed by atoms with Crippen LogP contribution in [0.3, 0.4) is 0 Å². The molecule has 0 aliphatic heterocycles. The molecule has 0 saturated heterocycles. The maximum absolute atomic E-state index is 12.4. The van der Waals surface area contributed by atoms with E-state index in [2.05, 4.69) is 39.4 Å². The van der Waals surface area contributed by atoms with Gasteiger partial charge in [0.2, 0.25) is 0 Å². The lowest BCUT2D eigenvalue weighted by Crippen LogP contribution is -2.05. The summed E-state index contributed by atoms with van der Waals surface area (Å²) >= 11 is 6.00. The van der Waals surface area contributed by atoms with Crippen molar-refractivity contribution in [3.63, 3.8) is 0 Å². The van der Waals surface area contributed by atoms with E-state index in [1.807, 2.05) is 6.07 Å². The summed E-state index contributed by atoms with van der Waals surface area (Å²) in [6, 6.07) is 3.59. The zero-order valence-corrected chi connectivity index (χ0v) is 31.0. The lowest BCUT2D eigenvalue weighted by molar-refractivity contribution is -0.490. The van der Waals surface area contributed by atoms with Crippen LogP contribution in [0.2, 0.25) is 0 Å². The van der Waals surface area contributed by atoms with Crippen LogP contribution in [0.4, 0.5) is 0 Å². The van der Waals surface area contributed by atoms with Crippen LogP contribution in [0.15, 0.2) is 31.9 Å². The highest BCUT2D eigenvalue weighted by Crippen LogP contribution is 2.37. The molecule has 50 heavy (non-hydrogen) atoms. The number of rotatable bonds is 36. The Labute approximate surface area is 305 Å². The number of halogens is 1. The minimum atomic E-state index is -0.554. The smallest absolute Gasteiger partial charge is 0.252 e. The van der Waals surface area contributed by atoms with Gasteiger partial charge in [-0.2, -0.15) is 0 Å². The van der Waals surface area contributed by atoms with Crippen LogP contribution >= 0.6 is 11.6 Å². The van der Waals surface area contributed by atoms with Crippen LogP contribution < -0.4 is 0 Å². The van der Waals surface area contributed by atoms with E-state index in [1.54, 1.807) is 6.07 Å². The van der Waals surface area contributed by atoms with Crippen LogP contribution in [-0.2, 0) is 29.2 Å². The molecule has 0 aliphatic carbocycles. The lowest BCUT2D eigenvalue weighted by Gasteiger charge is -2.21. The summed E-state index contributed by atoms with van der Waals surface area (Å²) in [6.45, 7) is 17.0. The van der Waals surface area contributed by atoms with Crippen molar-refractivity contribution in [2.75, 3.05) is 46.2 Å². The number of hydrogen-bond donors (Lipinski definition) is 3. The molecular weight excluding hydrogens is 664 g/mol. The summed E-state index contributed by atoms with van der Waals surface area (Å²) in [5.74, 6) is 0. The van der Waals surface area contributed by atoms with E-state index in [-0.39, 0.29) is 6.61 Å². The lowest BCUT2D eigenvalue weighted by atomic mass is 9.83. The largest absolute Gasteiger partial charge is 0.381 e. The number of ether oxygens (including phenoxy) is 2. The molecule has 286 valence electrons. The van der Waals surface area contributed by atoms with E-state index >= 15 is 0 Å². The zero-order valence-electron chi connectivity index (χ0n) is 30.2. The summed E-state index contributed by atoms with van der Waals surface area (Å²) in [5.41, 5.74) is 5.57. The number of hydrogen-bond acceptors (Lipinski definition) is 10. The van der Waals surface area contributed by atoms with Gasteiger partial charge in [0.15, 0.2) is 0 Å². The third kappa shape index (κ3) is 22.1. The minimum Gasteiger partial charge on any atom is -0.381 e. The molecule has 0 atom stereocenters. The zero-order chi connectivity index (χ0) is 36.7. The fourth-order valence-electron chi connectivity index (χ4n) is 5.74. The molecule has 0 aromatic heterocycles. The first-order valence-corrected chi connectivity index (χ1v) is 18.8. The molecule has 0 spiro atoms. The molecule has 0 fully saturated rings. The summed E-state index contributed by atoms with van der Waals surface area (Å²) in [5, 5.41) is 28.6. The third-order valence-electron chi connectivity index (χ3n) is 8.60. The van der Waals surface area contributed by atoms with E-state index in [0.29, 0.717) is 25.2 Å². The Morgan fingerprint density at radius 1 is 0.520 bits per heavy atom. The molecule has 1 rings (SSSR count). The second-order valence-corrected chi connectivity index (χ2v) is 13.1. The molecule has 0 heterocycles. The number of carbonyl (C=O) groups is 1. The Bertz CT molecular complexity index is 1080.